The minimum atomic E-state index is -0.978. The Balaban J connectivity index is 2.69. The highest BCUT2D eigenvalue weighted by atomic mass is 16.5. The third-order valence-corrected chi connectivity index (χ3v) is 1.72. The number of benzene rings is 1. The van der Waals surface area contributed by atoms with Crippen LogP contribution in [0.5, 0.6) is 5.75 Å². The summed E-state index contributed by atoms with van der Waals surface area (Å²) in [5, 5.41) is 8.82. The van der Waals surface area contributed by atoms with Crippen LogP contribution in [0, 0.1) is 0 Å². The largest absolute Gasteiger partial charge is 0.493 e. The smallest absolute Gasteiger partial charge is 0.339 e. The van der Waals surface area contributed by atoms with Crippen LogP contribution in [0.2, 0.25) is 0 Å². The second-order valence-corrected chi connectivity index (χ2v) is 2.79. The summed E-state index contributed by atoms with van der Waals surface area (Å²) >= 11 is 0. The van der Waals surface area contributed by atoms with Crippen molar-refractivity contribution < 1.29 is 14.6 Å². The number of hydrogen-bond donors (Lipinski definition) is 2. The lowest BCUT2D eigenvalue weighted by atomic mass is 10.2. The Labute approximate surface area is 82.3 Å². The summed E-state index contributed by atoms with van der Waals surface area (Å²) in [6, 6.07) is 6.56. The standard InChI is InChI=1S/C10H13NO3/c11-6-3-7-14-9-5-2-1-4-8(9)10(12)13/h1-2,4-5H,3,6-7,11H2,(H,12,13). The zero-order valence-electron chi connectivity index (χ0n) is 7.77. The van der Waals surface area contributed by atoms with Crippen LogP contribution >= 0.6 is 0 Å². The summed E-state index contributed by atoms with van der Waals surface area (Å²) in [7, 11) is 0. The van der Waals surface area contributed by atoms with E-state index in [0.29, 0.717) is 25.3 Å². The summed E-state index contributed by atoms with van der Waals surface area (Å²) in [5.41, 5.74) is 5.48. The van der Waals surface area contributed by atoms with Crippen molar-refractivity contribution in [3.8, 4) is 5.75 Å². The molecule has 0 radical (unpaired) electrons. The number of carboxylic acids is 1. The maximum absolute atomic E-state index is 10.7. The maximum atomic E-state index is 10.7. The van der Waals surface area contributed by atoms with Gasteiger partial charge < -0.3 is 15.6 Å². The van der Waals surface area contributed by atoms with Crippen molar-refractivity contribution in [3.05, 3.63) is 29.8 Å². The van der Waals surface area contributed by atoms with E-state index in [1.165, 1.54) is 6.07 Å². The molecular formula is C10H13NO3. The van der Waals surface area contributed by atoms with E-state index in [9.17, 15) is 4.79 Å². The van der Waals surface area contributed by atoms with Gasteiger partial charge in [-0.05, 0) is 25.1 Å². The van der Waals surface area contributed by atoms with Crippen LogP contribution in [0.15, 0.2) is 24.3 Å². The molecular weight excluding hydrogens is 182 g/mol. The molecule has 0 aliphatic rings. The van der Waals surface area contributed by atoms with Gasteiger partial charge in [-0.3, -0.25) is 0 Å². The molecule has 4 heteroatoms. The lowest BCUT2D eigenvalue weighted by Gasteiger charge is -2.07. The van der Waals surface area contributed by atoms with E-state index in [2.05, 4.69) is 0 Å². The zero-order chi connectivity index (χ0) is 10.4. The fourth-order valence-electron chi connectivity index (χ4n) is 1.03. The molecule has 0 aliphatic heterocycles. The molecule has 0 aliphatic carbocycles. The van der Waals surface area contributed by atoms with E-state index in [4.69, 9.17) is 15.6 Å². The van der Waals surface area contributed by atoms with Gasteiger partial charge in [-0.1, -0.05) is 12.1 Å². The van der Waals surface area contributed by atoms with E-state index in [1.807, 2.05) is 0 Å². The highest BCUT2D eigenvalue weighted by molar-refractivity contribution is 5.90. The fraction of sp³-hybridized carbons (Fsp3) is 0.300. The van der Waals surface area contributed by atoms with Gasteiger partial charge in [-0.15, -0.1) is 0 Å². The summed E-state index contributed by atoms with van der Waals surface area (Å²) in [5.74, 6) is -0.582. The van der Waals surface area contributed by atoms with Crippen LogP contribution in [-0.2, 0) is 0 Å². The Morgan fingerprint density at radius 3 is 2.79 bits per heavy atom. The van der Waals surface area contributed by atoms with Crippen LogP contribution in [0.25, 0.3) is 0 Å². The number of hydrogen-bond acceptors (Lipinski definition) is 3. The average molecular weight is 195 g/mol. The number of carboxylic acid groups (broad SMARTS) is 1. The monoisotopic (exact) mass is 195 g/mol. The van der Waals surface area contributed by atoms with E-state index < -0.39 is 5.97 Å². The van der Waals surface area contributed by atoms with Gasteiger partial charge >= 0.3 is 5.97 Å². The van der Waals surface area contributed by atoms with Gasteiger partial charge in [0, 0.05) is 0 Å². The quantitative estimate of drug-likeness (QED) is 0.690. The molecule has 1 rings (SSSR count). The molecule has 3 N–H and O–H groups in total. The molecule has 0 spiro atoms. The highest BCUT2D eigenvalue weighted by Crippen LogP contribution is 2.17. The zero-order valence-corrected chi connectivity index (χ0v) is 7.77. The van der Waals surface area contributed by atoms with Gasteiger partial charge in [0.05, 0.1) is 6.61 Å². The first-order valence-corrected chi connectivity index (χ1v) is 4.41. The molecule has 0 heterocycles. The van der Waals surface area contributed by atoms with E-state index >= 15 is 0 Å². The third-order valence-electron chi connectivity index (χ3n) is 1.72. The molecule has 4 nitrogen and oxygen atoms in total. The number of nitrogens with two attached hydrogens (primary N) is 1. The summed E-state index contributed by atoms with van der Waals surface area (Å²) in [6.07, 6.45) is 0.716. The Bertz CT molecular complexity index is 312. The van der Waals surface area contributed by atoms with E-state index in [1.54, 1.807) is 18.2 Å². The van der Waals surface area contributed by atoms with Gasteiger partial charge in [-0.2, -0.15) is 0 Å². The number of aromatic carboxylic acids is 1. The molecule has 1 aromatic rings. The molecule has 0 aromatic heterocycles. The van der Waals surface area contributed by atoms with Crippen LogP contribution in [0.3, 0.4) is 0 Å². The normalized spacial score (nSPS) is 9.79. The number of rotatable bonds is 5. The van der Waals surface area contributed by atoms with Crippen molar-refractivity contribution in [2.45, 2.75) is 6.42 Å². The summed E-state index contributed by atoms with van der Waals surface area (Å²) in [4.78, 5) is 10.7. The van der Waals surface area contributed by atoms with Gasteiger partial charge in [0.15, 0.2) is 0 Å². The van der Waals surface area contributed by atoms with Crippen molar-refractivity contribution in [3.63, 3.8) is 0 Å². The minimum Gasteiger partial charge on any atom is -0.493 e. The van der Waals surface area contributed by atoms with Gasteiger partial charge in [0.2, 0.25) is 0 Å². The van der Waals surface area contributed by atoms with E-state index in [0.717, 1.165) is 0 Å². The molecule has 0 saturated carbocycles. The van der Waals surface area contributed by atoms with Crippen molar-refractivity contribution in [1.82, 2.24) is 0 Å². The Kier molecular flexibility index (Phi) is 3.94. The van der Waals surface area contributed by atoms with Crippen LogP contribution in [-0.4, -0.2) is 24.2 Å². The van der Waals surface area contributed by atoms with Crippen molar-refractivity contribution >= 4 is 5.97 Å². The van der Waals surface area contributed by atoms with E-state index in [-0.39, 0.29) is 5.56 Å². The summed E-state index contributed by atoms with van der Waals surface area (Å²) < 4.78 is 5.28. The number of ether oxygens (including phenoxy) is 1. The molecule has 0 unspecified atom stereocenters. The first kappa shape index (κ1) is 10.5. The third kappa shape index (κ3) is 2.74. The van der Waals surface area contributed by atoms with Crippen molar-refractivity contribution in [2.24, 2.45) is 5.73 Å². The Hall–Kier alpha value is -1.55. The summed E-state index contributed by atoms with van der Waals surface area (Å²) in [6.45, 7) is 0.982. The van der Waals surface area contributed by atoms with Gasteiger partial charge in [0.1, 0.15) is 11.3 Å². The second kappa shape index (κ2) is 5.24. The molecule has 76 valence electrons. The minimum absolute atomic E-state index is 0.185. The predicted molar refractivity (Wildman–Crippen MR) is 52.6 cm³/mol. The van der Waals surface area contributed by atoms with Crippen LogP contribution < -0.4 is 10.5 Å². The Morgan fingerprint density at radius 1 is 1.43 bits per heavy atom. The van der Waals surface area contributed by atoms with Crippen molar-refractivity contribution in [1.29, 1.82) is 0 Å². The van der Waals surface area contributed by atoms with Crippen molar-refractivity contribution in [2.75, 3.05) is 13.2 Å². The fourth-order valence-corrected chi connectivity index (χ4v) is 1.03. The molecule has 0 amide bonds. The molecule has 0 saturated heterocycles. The maximum Gasteiger partial charge on any atom is 0.339 e. The SMILES string of the molecule is NCCCOc1ccccc1C(=O)O. The average Bonchev–Trinajstić information content (AvgIpc) is 2.19. The number of carbonyl (C=O) groups is 1. The lowest BCUT2D eigenvalue weighted by Crippen LogP contribution is -2.08. The van der Waals surface area contributed by atoms with Gasteiger partial charge in [0.25, 0.3) is 0 Å². The van der Waals surface area contributed by atoms with Crippen LogP contribution in [0.1, 0.15) is 16.8 Å². The molecule has 0 fully saturated rings. The van der Waals surface area contributed by atoms with Gasteiger partial charge in [-0.25, -0.2) is 4.79 Å². The molecule has 1 aromatic carbocycles. The highest BCUT2D eigenvalue weighted by Gasteiger charge is 2.09. The first-order chi connectivity index (χ1) is 6.75. The molecule has 0 atom stereocenters. The second-order valence-electron chi connectivity index (χ2n) is 2.79. The molecule has 0 bridgehead atoms. The predicted octanol–water partition coefficient (Wildman–Crippen LogP) is 1.11. The lowest BCUT2D eigenvalue weighted by molar-refractivity contribution is 0.0692. The topological polar surface area (TPSA) is 72.5 Å². The van der Waals surface area contributed by atoms with Crippen LogP contribution in [0.4, 0.5) is 0 Å². The Morgan fingerprint density at radius 2 is 2.14 bits per heavy atom. The number of para-hydroxylation sites is 1. The first-order valence-electron chi connectivity index (χ1n) is 4.41. The molecule has 14 heavy (non-hydrogen) atoms.